The van der Waals surface area contributed by atoms with Crippen LogP contribution in [-0.2, 0) is 6.42 Å². The van der Waals surface area contributed by atoms with Gasteiger partial charge in [-0.3, -0.25) is 4.79 Å². The first kappa shape index (κ1) is 13.1. The molecule has 0 saturated heterocycles. The lowest BCUT2D eigenvalue weighted by atomic mass is 9.91. The molecule has 1 aromatic heterocycles. The average Bonchev–Trinajstić information content (AvgIpc) is 2.86. The van der Waals surface area contributed by atoms with Gasteiger partial charge in [0.1, 0.15) is 0 Å². The molecule has 0 saturated carbocycles. The predicted molar refractivity (Wildman–Crippen MR) is 84.0 cm³/mol. The van der Waals surface area contributed by atoms with Gasteiger partial charge in [-0.15, -0.1) is 11.3 Å². The Bertz CT molecular complexity index is 667. The number of rotatable bonds is 2. The highest BCUT2D eigenvalue weighted by Gasteiger charge is 2.28. The lowest BCUT2D eigenvalue weighted by Crippen LogP contribution is -2.43. The number of thiophene rings is 1. The van der Waals surface area contributed by atoms with Crippen LogP contribution >= 0.6 is 11.3 Å². The largest absolute Gasteiger partial charge is 0.379 e. The molecule has 0 fully saturated rings. The van der Waals surface area contributed by atoms with Crippen molar-refractivity contribution in [3.05, 3.63) is 63.9 Å². The Hall–Kier alpha value is -1.87. The van der Waals surface area contributed by atoms with E-state index in [1.54, 1.807) is 17.4 Å². The van der Waals surface area contributed by atoms with Crippen molar-refractivity contribution in [2.24, 2.45) is 0 Å². The molecule has 1 N–H and O–H groups in total. The van der Waals surface area contributed by atoms with E-state index in [-0.39, 0.29) is 11.3 Å². The van der Waals surface area contributed by atoms with Crippen molar-refractivity contribution >= 4 is 22.8 Å². The highest BCUT2D eigenvalue weighted by atomic mass is 32.1. The number of nitrogens with one attached hydrogen (secondary N) is 1. The van der Waals surface area contributed by atoms with E-state index >= 15 is 0 Å². The van der Waals surface area contributed by atoms with E-state index in [0.29, 0.717) is 0 Å². The third-order valence-corrected chi connectivity index (χ3v) is 4.37. The first-order valence-corrected chi connectivity index (χ1v) is 7.59. The molecule has 0 atom stereocenters. The molecule has 102 valence electrons. The van der Waals surface area contributed by atoms with Gasteiger partial charge in [0.25, 0.3) is 0 Å². The van der Waals surface area contributed by atoms with Gasteiger partial charge < -0.3 is 5.32 Å². The van der Waals surface area contributed by atoms with Crippen molar-refractivity contribution in [3.8, 4) is 0 Å². The van der Waals surface area contributed by atoms with Gasteiger partial charge in [-0.05, 0) is 25.3 Å². The van der Waals surface area contributed by atoms with Crippen LogP contribution in [0.5, 0.6) is 0 Å². The fourth-order valence-corrected chi connectivity index (χ4v) is 3.64. The van der Waals surface area contributed by atoms with Gasteiger partial charge in [-0.2, -0.15) is 0 Å². The maximum atomic E-state index is 12.3. The third kappa shape index (κ3) is 2.54. The molecule has 2 nitrogen and oxygen atoms in total. The Balaban J connectivity index is 1.98. The van der Waals surface area contributed by atoms with Crippen molar-refractivity contribution in [2.75, 3.05) is 0 Å². The van der Waals surface area contributed by atoms with Crippen molar-refractivity contribution in [1.29, 1.82) is 0 Å². The number of ketones is 1. The molecule has 1 aromatic carbocycles. The molecule has 3 rings (SSSR count). The SMILES string of the molecule is CC1(C)Cc2sccc2C(=CC(=O)c2ccccc2)N1. The summed E-state index contributed by atoms with van der Waals surface area (Å²) >= 11 is 1.76. The van der Waals surface area contributed by atoms with Gasteiger partial charge >= 0.3 is 0 Å². The lowest BCUT2D eigenvalue weighted by Gasteiger charge is -2.33. The maximum Gasteiger partial charge on any atom is 0.187 e. The second-order valence-electron chi connectivity index (χ2n) is 5.73. The van der Waals surface area contributed by atoms with Gasteiger partial charge in [0.2, 0.25) is 0 Å². The zero-order valence-electron chi connectivity index (χ0n) is 11.6. The monoisotopic (exact) mass is 283 g/mol. The molecule has 2 heterocycles. The maximum absolute atomic E-state index is 12.3. The molecule has 0 aliphatic carbocycles. The molecule has 20 heavy (non-hydrogen) atoms. The molecule has 1 aliphatic heterocycles. The van der Waals surface area contributed by atoms with Crippen molar-refractivity contribution < 1.29 is 4.79 Å². The van der Waals surface area contributed by atoms with Gasteiger partial charge in [0.15, 0.2) is 5.78 Å². The fourth-order valence-electron chi connectivity index (χ4n) is 2.53. The van der Waals surface area contributed by atoms with Crippen LogP contribution in [-0.4, -0.2) is 11.3 Å². The summed E-state index contributed by atoms with van der Waals surface area (Å²) in [6.07, 6.45) is 2.72. The van der Waals surface area contributed by atoms with Gasteiger partial charge in [0.05, 0.1) is 0 Å². The fraction of sp³-hybridized carbons (Fsp3) is 0.235. The number of carbonyl (C=O) groups excluding carboxylic acids is 1. The quantitative estimate of drug-likeness (QED) is 0.669. The van der Waals surface area contributed by atoms with Crippen LogP contribution in [0.4, 0.5) is 0 Å². The predicted octanol–water partition coefficient (Wildman–Crippen LogP) is 3.90. The molecule has 0 amide bonds. The smallest absolute Gasteiger partial charge is 0.187 e. The van der Waals surface area contributed by atoms with E-state index in [2.05, 4.69) is 30.6 Å². The van der Waals surface area contributed by atoms with Crippen LogP contribution in [0.3, 0.4) is 0 Å². The Kier molecular flexibility index (Phi) is 3.22. The molecule has 0 spiro atoms. The van der Waals surface area contributed by atoms with E-state index in [9.17, 15) is 4.79 Å². The zero-order valence-corrected chi connectivity index (χ0v) is 12.5. The van der Waals surface area contributed by atoms with Crippen LogP contribution in [0, 0.1) is 0 Å². The highest BCUT2D eigenvalue weighted by molar-refractivity contribution is 7.10. The minimum absolute atomic E-state index is 0.0132. The molecular weight excluding hydrogens is 266 g/mol. The van der Waals surface area contributed by atoms with E-state index in [0.717, 1.165) is 17.7 Å². The van der Waals surface area contributed by atoms with Gasteiger partial charge in [-0.25, -0.2) is 0 Å². The Morgan fingerprint density at radius 3 is 2.75 bits per heavy atom. The van der Waals surface area contributed by atoms with Crippen LogP contribution in [0.2, 0.25) is 0 Å². The summed E-state index contributed by atoms with van der Waals surface area (Å²) in [4.78, 5) is 13.7. The highest BCUT2D eigenvalue weighted by Crippen LogP contribution is 2.33. The van der Waals surface area contributed by atoms with Gasteiger partial charge in [0, 0.05) is 39.7 Å². The van der Waals surface area contributed by atoms with Crippen LogP contribution in [0.1, 0.15) is 34.6 Å². The van der Waals surface area contributed by atoms with Gasteiger partial charge in [-0.1, -0.05) is 30.3 Å². The third-order valence-electron chi connectivity index (χ3n) is 3.44. The standard InChI is InChI=1S/C17H17NOS/c1-17(2)11-16-13(8-9-20-16)14(18-17)10-15(19)12-6-4-3-5-7-12/h3-10,18H,11H2,1-2H3. The molecular formula is C17H17NOS. The Labute approximate surface area is 123 Å². The molecule has 2 aromatic rings. The molecule has 0 unspecified atom stereocenters. The summed E-state index contributed by atoms with van der Waals surface area (Å²) < 4.78 is 0. The average molecular weight is 283 g/mol. The van der Waals surface area contributed by atoms with E-state index in [1.807, 2.05) is 30.3 Å². The second-order valence-corrected chi connectivity index (χ2v) is 6.73. The number of hydrogen-bond donors (Lipinski definition) is 1. The number of fused-ring (bicyclic) bond motifs is 1. The number of carbonyl (C=O) groups is 1. The summed E-state index contributed by atoms with van der Waals surface area (Å²) in [7, 11) is 0. The summed E-state index contributed by atoms with van der Waals surface area (Å²) in [5.74, 6) is 0.0444. The lowest BCUT2D eigenvalue weighted by molar-refractivity contribution is 0.104. The molecule has 0 radical (unpaired) electrons. The van der Waals surface area contributed by atoms with Crippen LogP contribution < -0.4 is 5.32 Å². The molecule has 0 bridgehead atoms. The number of allylic oxidation sites excluding steroid dienone is 1. The Morgan fingerprint density at radius 2 is 2.00 bits per heavy atom. The second kappa shape index (κ2) is 4.91. The van der Waals surface area contributed by atoms with Crippen molar-refractivity contribution in [1.82, 2.24) is 5.32 Å². The molecule has 3 heteroatoms. The van der Waals surface area contributed by atoms with E-state index in [4.69, 9.17) is 0 Å². The van der Waals surface area contributed by atoms with E-state index < -0.39 is 0 Å². The summed E-state index contributed by atoms with van der Waals surface area (Å²) in [5, 5.41) is 5.57. The first-order chi connectivity index (χ1) is 9.55. The zero-order chi connectivity index (χ0) is 14.2. The number of hydrogen-bond acceptors (Lipinski definition) is 3. The van der Waals surface area contributed by atoms with Crippen molar-refractivity contribution in [3.63, 3.8) is 0 Å². The summed E-state index contributed by atoms with van der Waals surface area (Å²) in [6.45, 7) is 4.33. The van der Waals surface area contributed by atoms with Crippen molar-refractivity contribution in [2.45, 2.75) is 25.8 Å². The van der Waals surface area contributed by atoms with E-state index in [1.165, 1.54) is 10.4 Å². The summed E-state index contributed by atoms with van der Waals surface area (Å²) in [5.41, 5.74) is 2.81. The van der Waals surface area contributed by atoms with Crippen LogP contribution in [0.15, 0.2) is 47.9 Å². The normalized spacial score (nSPS) is 18.4. The first-order valence-electron chi connectivity index (χ1n) is 6.71. The number of benzene rings is 1. The minimum Gasteiger partial charge on any atom is -0.379 e. The van der Waals surface area contributed by atoms with Crippen LogP contribution in [0.25, 0.3) is 5.70 Å². The molecule has 1 aliphatic rings. The Morgan fingerprint density at radius 1 is 1.25 bits per heavy atom. The minimum atomic E-state index is -0.0132. The summed E-state index contributed by atoms with van der Waals surface area (Å²) in [6, 6.07) is 11.5. The topological polar surface area (TPSA) is 29.1 Å².